The molecule has 1 atom stereocenters. The predicted molar refractivity (Wildman–Crippen MR) is 102 cm³/mol. The van der Waals surface area contributed by atoms with Crippen LogP contribution in [0.3, 0.4) is 0 Å². The first-order valence-electron chi connectivity index (χ1n) is 7.93. The normalized spacial score (nSPS) is 11.9. The van der Waals surface area contributed by atoms with Crippen molar-refractivity contribution in [2.75, 3.05) is 5.75 Å². The number of aryl methyl sites for hydroxylation is 2. The Morgan fingerprint density at radius 3 is 2.77 bits per heavy atom. The van der Waals surface area contributed by atoms with Gasteiger partial charge in [0.1, 0.15) is 5.01 Å². The standard InChI is InChI=1S/C18H17N5OS2/c1-11-6-4-5-7-13(11)16-21-22-18(23(16)3)26-10-15(24)14(8-19)17-20-12(2)9-25-17/h4-7,9,14H,10H2,1-3H3/t14-/m0/s1. The maximum atomic E-state index is 12.5. The number of Topliss-reactive ketones (excluding diaryl/α,β-unsaturated/α-hetero) is 1. The second kappa shape index (κ2) is 7.81. The Hall–Kier alpha value is -2.50. The van der Waals surface area contributed by atoms with E-state index >= 15 is 0 Å². The van der Waals surface area contributed by atoms with Crippen LogP contribution in [-0.2, 0) is 11.8 Å². The Morgan fingerprint density at radius 2 is 2.12 bits per heavy atom. The van der Waals surface area contributed by atoms with Gasteiger partial charge in [0.15, 0.2) is 22.7 Å². The SMILES string of the molecule is Cc1csc([C@@H](C#N)C(=O)CSc2nnc(-c3ccccc3C)n2C)n1. The van der Waals surface area contributed by atoms with Gasteiger partial charge in [-0.2, -0.15) is 5.26 Å². The van der Waals surface area contributed by atoms with E-state index in [1.54, 1.807) is 0 Å². The van der Waals surface area contributed by atoms with Crippen molar-refractivity contribution in [2.24, 2.45) is 7.05 Å². The zero-order valence-electron chi connectivity index (χ0n) is 14.6. The number of aromatic nitrogens is 4. The Kier molecular flexibility index (Phi) is 5.49. The van der Waals surface area contributed by atoms with Crippen LogP contribution in [0, 0.1) is 25.2 Å². The maximum absolute atomic E-state index is 12.5. The van der Waals surface area contributed by atoms with Gasteiger partial charge in [0.25, 0.3) is 0 Å². The van der Waals surface area contributed by atoms with Crippen LogP contribution in [0.25, 0.3) is 11.4 Å². The van der Waals surface area contributed by atoms with E-state index in [1.807, 2.05) is 55.1 Å². The Bertz CT molecular complexity index is 986. The minimum Gasteiger partial charge on any atom is -0.305 e. The lowest BCUT2D eigenvalue weighted by atomic mass is 10.1. The van der Waals surface area contributed by atoms with Crippen molar-refractivity contribution >= 4 is 28.9 Å². The molecule has 0 unspecified atom stereocenters. The van der Waals surface area contributed by atoms with Gasteiger partial charge in [-0.15, -0.1) is 21.5 Å². The molecule has 3 rings (SSSR count). The summed E-state index contributed by atoms with van der Waals surface area (Å²) in [6, 6.07) is 10.0. The summed E-state index contributed by atoms with van der Waals surface area (Å²) in [4.78, 5) is 16.7. The van der Waals surface area contributed by atoms with Gasteiger partial charge in [-0.05, 0) is 19.4 Å². The van der Waals surface area contributed by atoms with Crippen molar-refractivity contribution in [2.45, 2.75) is 24.9 Å². The van der Waals surface area contributed by atoms with E-state index in [4.69, 9.17) is 0 Å². The third kappa shape index (κ3) is 3.69. The number of hydrogen-bond donors (Lipinski definition) is 0. The molecule has 8 heteroatoms. The van der Waals surface area contributed by atoms with Crippen LogP contribution in [0.2, 0.25) is 0 Å². The van der Waals surface area contributed by atoms with Gasteiger partial charge in [-0.1, -0.05) is 36.0 Å². The number of rotatable bonds is 6. The molecule has 0 radical (unpaired) electrons. The topological polar surface area (TPSA) is 84.5 Å². The number of carbonyl (C=O) groups is 1. The second-order valence-corrected chi connectivity index (χ2v) is 7.66. The summed E-state index contributed by atoms with van der Waals surface area (Å²) in [6.07, 6.45) is 0. The van der Waals surface area contributed by atoms with Crippen molar-refractivity contribution in [3.63, 3.8) is 0 Å². The van der Waals surface area contributed by atoms with Crippen molar-refractivity contribution in [1.29, 1.82) is 5.26 Å². The number of nitrogens with zero attached hydrogens (tertiary/aromatic N) is 5. The Balaban J connectivity index is 1.73. The summed E-state index contributed by atoms with van der Waals surface area (Å²) in [7, 11) is 1.88. The molecule has 0 amide bonds. The molecule has 2 heterocycles. The monoisotopic (exact) mass is 383 g/mol. The molecular weight excluding hydrogens is 366 g/mol. The predicted octanol–water partition coefficient (Wildman–Crippen LogP) is 3.52. The van der Waals surface area contributed by atoms with Crippen LogP contribution in [-0.4, -0.2) is 31.3 Å². The summed E-state index contributed by atoms with van der Waals surface area (Å²) >= 11 is 2.63. The molecule has 6 nitrogen and oxygen atoms in total. The largest absolute Gasteiger partial charge is 0.305 e. The minimum absolute atomic E-state index is 0.149. The molecule has 26 heavy (non-hydrogen) atoms. The van der Waals surface area contributed by atoms with Gasteiger partial charge in [0, 0.05) is 23.7 Å². The van der Waals surface area contributed by atoms with E-state index in [2.05, 4.69) is 21.3 Å². The van der Waals surface area contributed by atoms with Gasteiger partial charge in [0.2, 0.25) is 0 Å². The Morgan fingerprint density at radius 1 is 1.35 bits per heavy atom. The Labute approximate surface area is 159 Å². The summed E-state index contributed by atoms with van der Waals surface area (Å²) in [5.41, 5.74) is 2.94. The first-order chi connectivity index (χ1) is 12.5. The summed E-state index contributed by atoms with van der Waals surface area (Å²) in [6.45, 7) is 3.87. The molecule has 0 spiro atoms. The fraction of sp³-hybridized carbons (Fsp3) is 0.278. The minimum atomic E-state index is -0.828. The van der Waals surface area contributed by atoms with Crippen LogP contribution in [0.1, 0.15) is 22.2 Å². The van der Waals surface area contributed by atoms with Crippen LogP contribution in [0.4, 0.5) is 0 Å². The van der Waals surface area contributed by atoms with E-state index in [0.717, 1.165) is 22.6 Å². The molecule has 1 aromatic carbocycles. The first kappa shape index (κ1) is 18.3. The smallest absolute Gasteiger partial charge is 0.191 e. The fourth-order valence-corrected chi connectivity index (χ4v) is 4.17. The van der Waals surface area contributed by atoms with Crippen molar-refractivity contribution in [1.82, 2.24) is 19.7 Å². The number of carbonyl (C=O) groups excluding carboxylic acids is 1. The van der Waals surface area contributed by atoms with Gasteiger partial charge in [0.05, 0.1) is 11.8 Å². The lowest BCUT2D eigenvalue weighted by molar-refractivity contribution is -0.116. The van der Waals surface area contributed by atoms with Crippen molar-refractivity contribution < 1.29 is 4.79 Å². The lowest BCUT2D eigenvalue weighted by Gasteiger charge is -2.07. The maximum Gasteiger partial charge on any atom is 0.191 e. The number of thioether (sulfide) groups is 1. The summed E-state index contributed by atoms with van der Waals surface area (Å²) < 4.78 is 1.87. The second-order valence-electron chi connectivity index (χ2n) is 5.82. The average Bonchev–Trinajstić information content (AvgIpc) is 3.20. The van der Waals surface area contributed by atoms with Crippen molar-refractivity contribution in [3.8, 4) is 17.5 Å². The van der Waals surface area contributed by atoms with Crippen LogP contribution in [0.5, 0.6) is 0 Å². The third-order valence-electron chi connectivity index (χ3n) is 3.90. The third-order valence-corrected chi connectivity index (χ3v) is 5.97. The number of thiazole rings is 1. The van der Waals surface area contributed by atoms with E-state index in [-0.39, 0.29) is 11.5 Å². The molecule has 132 valence electrons. The lowest BCUT2D eigenvalue weighted by Crippen LogP contribution is -2.13. The average molecular weight is 384 g/mol. The zero-order valence-corrected chi connectivity index (χ0v) is 16.3. The molecule has 0 saturated carbocycles. The molecule has 2 aromatic heterocycles. The molecular formula is C18H17N5OS2. The highest BCUT2D eigenvalue weighted by atomic mass is 32.2. The van der Waals surface area contributed by atoms with E-state index < -0.39 is 5.92 Å². The zero-order chi connectivity index (χ0) is 18.7. The first-order valence-corrected chi connectivity index (χ1v) is 9.80. The van der Waals surface area contributed by atoms with E-state index in [9.17, 15) is 10.1 Å². The highest BCUT2D eigenvalue weighted by Gasteiger charge is 2.24. The molecule has 0 aliphatic carbocycles. The van der Waals surface area contributed by atoms with E-state index in [0.29, 0.717) is 10.2 Å². The molecule has 3 aromatic rings. The molecule has 0 saturated heterocycles. The molecule has 0 aliphatic heterocycles. The number of ketones is 1. The van der Waals surface area contributed by atoms with Gasteiger partial charge in [-0.3, -0.25) is 4.79 Å². The quantitative estimate of drug-likeness (QED) is 0.606. The molecule has 0 aliphatic rings. The number of hydrogen-bond acceptors (Lipinski definition) is 7. The number of nitriles is 1. The van der Waals surface area contributed by atoms with Gasteiger partial charge >= 0.3 is 0 Å². The summed E-state index contributed by atoms with van der Waals surface area (Å²) in [5, 5.41) is 20.8. The van der Waals surface area contributed by atoms with Gasteiger partial charge in [-0.25, -0.2) is 4.98 Å². The molecule has 0 N–H and O–H groups in total. The number of benzene rings is 1. The molecule has 0 bridgehead atoms. The van der Waals surface area contributed by atoms with E-state index in [1.165, 1.54) is 23.1 Å². The van der Waals surface area contributed by atoms with Gasteiger partial charge < -0.3 is 4.57 Å². The summed E-state index contributed by atoms with van der Waals surface area (Å²) in [5.74, 6) is -0.0978. The van der Waals surface area contributed by atoms with Crippen LogP contribution in [0.15, 0.2) is 34.8 Å². The van der Waals surface area contributed by atoms with Crippen LogP contribution >= 0.6 is 23.1 Å². The highest BCUT2D eigenvalue weighted by molar-refractivity contribution is 7.99. The van der Waals surface area contributed by atoms with Crippen molar-refractivity contribution in [3.05, 3.63) is 45.9 Å². The van der Waals surface area contributed by atoms with Crippen LogP contribution < -0.4 is 0 Å². The molecule has 0 fully saturated rings. The fourth-order valence-electron chi connectivity index (χ4n) is 2.49. The highest BCUT2D eigenvalue weighted by Crippen LogP contribution is 2.27.